The second-order valence-electron chi connectivity index (χ2n) is 5.50. The van der Waals surface area contributed by atoms with Crippen LogP contribution in [-0.2, 0) is 0 Å². The molecular weight excluding hydrogens is 398 g/mol. The second kappa shape index (κ2) is 7.80. The summed E-state index contributed by atoms with van der Waals surface area (Å²) < 4.78 is 2.71. The van der Waals surface area contributed by atoms with Crippen molar-refractivity contribution in [3.63, 3.8) is 0 Å². The molecule has 0 atom stereocenters. The van der Waals surface area contributed by atoms with Gasteiger partial charge in [0.1, 0.15) is 5.75 Å². The van der Waals surface area contributed by atoms with Crippen molar-refractivity contribution >= 4 is 33.5 Å². The molecule has 3 aromatic rings. The van der Waals surface area contributed by atoms with Crippen molar-refractivity contribution in [2.75, 3.05) is 6.54 Å². The number of halogens is 1. The van der Waals surface area contributed by atoms with Gasteiger partial charge in [-0.15, -0.1) is 11.3 Å². The Labute approximate surface area is 158 Å². The van der Waals surface area contributed by atoms with Gasteiger partial charge < -0.3 is 5.11 Å². The van der Waals surface area contributed by atoms with E-state index in [1.807, 2.05) is 17.7 Å². The smallest absolute Gasteiger partial charge is 0.206 e. The van der Waals surface area contributed by atoms with Crippen LogP contribution in [0.1, 0.15) is 18.1 Å². The maximum Gasteiger partial charge on any atom is 0.206 e. The van der Waals surface area contributed by atoms with E-state index in [9.17, 15) is 5.11 Å². The number of hydrogen-bond donors (Lipinski definition) is 1. The summed E-state index contributed by atoms with van der Waals surface area (Å²) in [6.45, 7) is 4.75. The number of hydrogen-bond acceptors (Lipinski definition) is 4. The molecule has 1 N–H and O–H groups in total. The van der Waals surface area contributed by atoms with Gasteiger partial charge in [0.15, 0.2) is 0 Å². The molecule has 4 nitrogen and oxygen atoms in total. The number of aromatic hydroxyl groups is 1. The molecule has 0 saturated carbocycles. The lowest BCUT2D eigenvalue weighted by molar-refractivity contribution is 0.474. The molecule has 0 aliphatic rings. The van der Waals surface area contributed by atoms with Crippen LogP contribution in [0.5, 0.6) is 5.75 Å². The van der Waals surface area contributed by atoms with E-state index in [-0.39, 0.29) is 5.75 Å². The third-order valence-electron chi connectivity index (χ3n) is 3.63. The van der Waals surface area contributed by atoms with Crippen LogP contribution in [0.3, 0.4) is 0 Å². The van der Waals surface area contributed by atoms with Gasteiger partial charge >= 0.3 is 0 Å². The summed E-state index contributed by atoms with van der Waals surface area (Å²) in [6, 6.07) is 13.6. The predicted molar refractivity (Wildman–Crippen MR) is 107 cm³/mol. The minimum atomic E-state index is 0.189. The Morgan fingerprint density at radius 2 is 1.96 bits per heavy atom. The quantitative estimate of drug-likeness (QED) is 0.611. The van der Waals surface area contributed by atoms with E-state index in [0.29, 0.717) is 12.1 Å². The molecule has 0 fully saturated rings. The highest BCUT2D eigenvalue weighted by Crippen LogP contribution is 2.22. The fourth-order valence-corrected chi connectivity index (χ4v) is 3.61. The van der Waals surface area contributed by atoms with Crippen molar-refractivity contribution in [2.24, 2.45) is 10.1 Å². The monoisotopic (exact) mass is 415 g/mol. The largest absolute Gasteiger partial charge is 0.507 e. The molecule has 0 aliphatic carbocycles. The van der Waals surface area contributed by atoms with Crippen molar-refractivity contribution in [3.8, 4) is 17.0 Å². The minimum Gasteiger partial charge on any atom is -0.507 e. The normalized spacial score (nSPS) is 12.2. The molecule has 0 bridgehead atoms. The predicted octanol–water partition coefficient (Wildman–Crippen LogP) is 4.80. The molecule has 0 spiro atoms. The Morgan fingerprint density at radius 1 is 1.20 bits per heavy atom. The molecule has 25 heavy (non-hydrogen) atoms. The summed E-state index contributed by atoms with van der Waals surface area (Å²) in [7, 11) is 0. The third kappa shape index (κ3) is 4.08. The number of thiazole rings is 1. The molecule has 0 aliphatic heterocycles. The fraction of sp³-hybridized carbons (Fsp3) is 0.158. The Bertz CT molecular complexity index is 971. The van der Waals surface area contributed by atoms with E-state index in [0.717, 1.165) is 20.5 Å². The van der Waals surface area contributed by atoms with Crippen molar-refractivity contribution in [2.45, 2.75) is 13.8 Å². The van der Waals surface area contributed by atoms with Gasteiger partial charge in [0.2, 0.25) is 4.80 Å². The molecule has 128 valence electrons. The van der Waals surface area contributed by atoms with Crippen LogP contribution >= 0.6 is 27.3 Å². The first-order valence-corrected chi connectivity index (χ1v) is 9.56. The fourth-order valence-electron chi connectivity index (χ4n) is 2.33. The summed E-state index contributed by atoms with van der Waals surface area (Å²) in [4.78, 5) is 5.34. The molecule has 0 radical (unpaired) electrons. The van der Waals surface area contributed by atoms with Gasteiger partial charge in [0, 0.05) is 27.5 Å². The molecule has 6 heteroatoms. The number of aryl methyl sites for hydroxylation is 1. The summed E-state index contributed by atoms with van der Waals surface area (Å²) in [5.41, 5.74) is 3.91. The zero-order valence-corrected chi connectivity index (χ0v) is 16.4. The van der Waals surface area contributed by atoms with E-state index >= 15 is 0 Å². The van der Waals surface area contributed by atoms with Crippen LogP contribution in [0.15, 0.2) is 62.4 Å². The maximum absolute atomic E-state index is 10.0. The summed E-state index contributed by atoms with van der Waals surface area (Å²) >= 11 is 4.97. The van der Waals surface area contributed by atoms with Crippen molar-refractivity contribution in [1.29, 1.82) is 0 Å². The average Bonchev–Trinajstić information content (AvgIpc) is 2.99. The summed E-state index contributed by atoms with van der Waals surface area (Å²) in [5.74, 6) is 0.189. The van der Waals surface area contributed by atoms with E-state index in [1.165, 1.54) is 5.56 Å². The SMILES string of the molecule is CCN=c1scc(-c2ccc(C)cc2)n1N=Cc1cc(Br)ccc1O. The molecule has 0 saturated heterocycles. The third-order valence-corrected chi connectivity index (χ3v) is 4.98. The number of rotatable bonds is 4. The highest BCUT2D eigenvalue weighted by atomic mass is 79.9. The zero-order valence-electron chi connectivity index (χ0n) is 14.0. The van der Waals surface area contributed by atoms with Gasteiger partial charge in [0.05, 0.1) is 11.9 Å². The van der Waals surface area contributed by atoms with Crippen LogP contribution in [0, 0.1) is 6.92 Å². The highest BCUT2D eigenvalue weighted by molar-refractivity contribution is 9.10. The summed E-state index contributed by atoms with van der Waals surface area (Å²) in [5, 5.41) is 16.6. The van der Waals surface area contributed by atoms with E-state index < -0.39 is 0 Å². The van der Waals surface area contributed by atoms with Crippen molar-refractivity contribution < 1.29 is 5.11 Å². The Balaban J connectivity index is 2.09. The molecule has 0 amide bonds. The topological polar surface area (TPSA) is 49.9 Å². The van der Waals surface area contributed by atoms with Gasteiger partial charge in [-0.3, -0.25) is 4.99 Å². The standard InChI is InChI=1S/C19H18BrN3OS/c1-3-21-19-23(22-11-15-10-16(20)8-9-18(15)24)17(12-25-19)14-6-4-13(2)5-7-14/h4-12,24H,3H2,1-2H3. The molecule has 1 heterocycles. The lowest BCUT2D eigenvalue weighted by Gasteiger charge is -2.05. The van der Waals surface area contributed by atoms with Crippen LogP contribution in [0.25, 0.3) is 11.3 Å². The first-order valence-electron chi connectivity index (χ1n) is 7.89. The van der Waals surface area contributed by atoms with Gasteiger partial charge in [-0.05, 0) is 32.0 Å². The maximum atomic E-state index is 10.0. The second-order valence-corrected chi connectivity index (χ2v) is 7.26. The van der Waals surface area contributed by atoms with Crippen molar-refractivity contribution in [1.82, 2.24) is 4.68 Å². The lowest BCUT2D eigenvalue weighted by Crippen LogP contribution is -2.12. The Morgan fingerprint density at radius 3 is 2.68 bits per heavy atom. The first kappa shape index (κ1) is 17.6. The number of benzene rings is 2. The number of phenolic OH excluding ortho intramolecular Hbond substituents is 1. The Hall–Kier alpha value is -2.18. The van der Waals surface area contributed by atoms with Crippen molar-refractivity contribution in [3.05, 3.63) is 68.2 Å². The van der Waals surface area contributed by atoms with E-state index in [1.54, 1.807) is 29.7 Å². The van der Waals surface area contributed by atoms with Crippen LogP contribution in [0.4, 0.5) is 0 Å². The average molecular weight is 416 g/mol. The number of aromatic nitrogens is 1. The Kier molecular flexibility index (Phi) is 5.50. The van der Waals surface area contributed by atoms with Crippen LogP contribution in [-0.4, -0.2) is 22.5 Å². The molecule has 1 aromatic heterocycles. The lowest BCUT2D eigenvalue weighted by atomic mass is 10.1. The summed E-state index contributed by atoms with van der Waals surface area (Å²) in [6.07, 6.45) is 1.65. The van der Waals surface area contributed by atoms with Gasteiger partial charge in [-0.1, -0.05) is 45.8 Å². The van der Waals surface area contributed by atoms with Gasteiger partial charge in [-0.25, -0.2) is 4.68 Å². The molecular formula is C19H18BrN3OS. The zero-order chi connectivity index (χ0) is 17.8. The van der Waals surface area contributed by atoms with E-state index in [2.05, 4.69) is 62.6 Å². The van der Waals surface area contributed by atoms with Gasteiger partial charge in [-0.2, -0.15) is 5.10 Å². The van der Waals surface area contributed by atoms with Crippen LogP contribution in [0.2, 0.25) is 0 Å². The molecule has 2 aromatic carbocycles. The van der Waals surface area contributed by atoms with E-state index in [4.69, 9.17) is 0 Å². The molecule has 3 rings (SSSR count). The van der Waals surface area contributed by atoms with Gasteiger partial charge in [0.25, 0.3) is 0 Å². The highest BCUT2D eigenvalue weighted by Gasteiger charge is 2.07. The number of nitrogens with zero attached hydrogens (tertiary/aromatic N) is 3. The van der Waals surface area contributed by atoms with Crippen LogP contribution < -0.4 is 4.80 Å². The molecule has 0 unspecified atom stereocenters. The minimum absolute atomic E-state index is 0.189. The number of phenols is 1. The first-order chi connectivity index (χ1) is 12.1.